The van der Waals surface area contributed by atoms with Crippen LogP contribution in [0.1, 0.15) is 6.92 Å². The minimum atomic E-state index is 0.396. The maximum absolute atomic E-state index is 5.81. The van der Waals surface area contributed by atoms with E-state index >= 15 is 0 Å². The largest absolute Gasteiger partial charge is 0.463 e. The fourth-order valence-corrected chi connectivity index (χ4v) is 1.51. The van der Waals surface area contributed by atoms with Gasteiger partial charge in [0.15, 0.2) is 0 Å². The third-order valence-corrected chi connectivity index (χ3v) is 2.21. The summed E-state index contributed by atoms with van der Waals surface area (Å²) in [4.78, 5) is 0. The lowest BCUT2D eigenvalue weighted by Gasteiger charge is -2.21. The van der Waals surface area contributed by atoms with Crippen molar-refractivity contribution in [1.82, 2.24) is 0 Å². The van der Waals surface area contributed by atoms with Crippen LogP contribution in [0.5, 0.6) is 0 Å². The molecule has 2 heteroatoms. The normalized spacial score (nSPS) is 26.5. The average Bonchev–Trinajstić information content (AvgIpc) is 2.07. The first-order chi connectivity index (χ1) is 5.77. The molecule has 62 valence electrons. The molecule has 2 rings (SSSR count). The van der Waals surface area contributed by atoms with Gasteiger partial charge in [0.1, 0.15) is 12.0 Å². The molecule has 1 atom stereocenters. The van der Waals surface area contributed by atoms with Crippen molar-refractivity contribution in [2.24, 2.45) is 5.92 Å². The molecule has 0 aromatic rings. The number of rotatable bonds is 0. The van der Waals surface area contributed by atoms with Gasteiger partial charge in [0.25, 0.3) is 0 Å². The van der Waals surface area contributed by atoms with Crippen LogP contribution in [0, 0.1) is 5.92 Å². The highest BCUT2D eigenvalue weighted by molar-refractivity contribution is 6.31. The lowest BCUT2D eigenvalue weighted by molar-refractivity contribution is 0.347. The predicted molar refractivity (Wildman–Crippen MR) is 49.5 cm³/mol. The predicted octanol–water partition coefficient (Wildman–Crippen LogP) is 3.11. The molecule has 0 aromatic carbocycles. The molecule has 2 aliphatic rings. The topological polar surface area (TPSA) is 9.23 Å². The molecule has 0 amide bonds. The van der Waals surface area contributed by atoms with Crippen molar-refractivity contribution >= 4 is 11.6 Å². The van der Waals surface area contributed by atoms with Crippen LogP contribution in [0.15, 0.2) is 46.9 Å². The van der Waals surface area contributed by atoms with E-state index in [1.54, 1.807) is 6.26 Å². The lowest BCUT2D eigenvalue weighted by Crippen LogP contribution is -2.07. The van der Waals surface area contributed by atoms with Gasteiger partial charge in [-0.05, 0) is 12.2 Å². The Bertz CT molecular complexity index is 321. The smallest absolute Gasteiger partial charge is 0.130 e. The Morgan fingerprint density at radius 1 is 1.50 bits per heavy atom. The number of ether oxygens (including phenoxy) is 1. The van der Waals surface area contributed by atoms with Crippen LogP contribution in [-0.2, 0) is 4.74 Å². The Morgan fingerprint density at radius 3 is 3.17 bits per heavy atom. The SMILES string of the molecule is CC1C=CC=C2OC=C(Cl)C=C21. The van der Waals surface area contributed by atoms with Gasteiger partial charge in [0, 0.05) is 11.5 Å². The molecule has 1 nitrogen and oxygen atoms in total. The zero-order chi connectivity index (χ0) is 8.55. The Kier molecular flexibility index (Phi) is 1.81. The van der Waals surface area contributed by atoms with Crippen molar-refractivity contribution in [3.8, 4) is 0 Å². The summed E-state index contributed by atoms with van der Waals surface area (Å²) < 4.78 is 5.31. The van der Waals surface area contributed by atoms with Gasteiger partial charge in [0.05, 0.1) is 5.03 Å². The van der Waals surface area contributed by atoms with Crippen LogP contribution in [0.25, 0.3) is 0 Å². The first kappa shape index (κ1) is 7.69. The summed E-state index contributed by atoms with van der Waals surface area (Å²) in [6.45, 7) is 2.12. The first-order valence-electron chi connectivity index (χ1n) is 3.90. The molecule has 1 aliphatic carbocycles. The third kappa shape index (κ3) is 1.21. The summed E-state index contributed by atoms with van der Waals surface area (Å²) in [5, 5.41) is 0.657. The van der Waals surface area contributed by atoms with Crippen LogP contribution in [-0.4, -0.2) is 0 Å². The zero-order valence-corrected chi connectivity index (χ0v) is 7.51. The van der Waals surface area contributed by atoms with Crippen LogP contribution in [0.2, 0.25) is 0 Å². The highest BCUT2D eigenvalue weighted by Crippen LogP contribution is 2.31. The number of fused-ring (bicyclic) bond motifs is 1. The molecule has 0 fully saturated rings. The van der Waals surface area contributed by atoms with Gasteiger partial charge in [-0.15, -0.1) is 0 Å². The summed E-state index contributed by atoms with van der Waals surface area (Å²) in [7, 11) is 0. The van der Waals surface area contributed by atoms with E-state index in [9.17, 15) is 0 Å². The highest BCUT2D eigenvalue weighted by Gasteiger charge is 2.18. The number of hydrogen-bond donors (Lipinski definition) is 0. The monoisotopic (exact) mass is 180 g/mol. The van der Waals surface area contributed by atoms with Crippen molar-refractivity contribution in [2.45, 2.75) is 6.92 Å². The fourth-order valence-electron chi connectivity index (χ4n) is 1.35. The fraction of sp³-hybridized carbons (Fsp3) is 0.200. The third-order valence-electron chi connectivity index (χ3n) is 2.01. The second kappa shape index (κ2) is 2.83. The van der Waals surface area contributed by atoms with Crippen LogP contribution >= 0.6 is 11.6 Å². The summed E-state index contributed by atoms with van der Waals surface area (Å²) in [5.74, 6) is 1.31. The molecule has 1 heterocycles. The molecule has 0 aromatic heterocycles. The maximum Gasteiger partial charge on any atom is 0.130 e. The minimum Gasteiger partial charge on any atom is -0.463 e. The molecule has 0 N–H and O–H groups in total. The molecule has 0 bridgehead atoms. The summed E-state index contributed by atoms with van der Waals surface area (Å²) in [6.07, 6.45) is 9.58. The lowest BCUT2D eigenvalue weighted by atomic mass is 9.94. The number of allylic oxidation sites excluding steroid dienone is 6. The molecule has 0 spiro atoms. The van der Waals surface area contributed by atoms with Crippen LogP contribution in [0.4, 0.5) is 0 Å². The van der Waals surface area contributed by atoms with E-state index in [-0.39, 0.29) is 0 Å². The van der Waals surface area contributed by atoms with Crippen LogP contribution in [0.3, 0.4) is 0 Å². The molecular weight excluding hydrogens is 172 g/mol. The van der Waals surface area contributed by atoms with Gasteiger partial charge in [-0.1, -0.05) is 30.7 Å². The van der Waals surface area contributed by atoms with Gasteiger partial charge in [-0.25, -0.2) is 0 Å². The van der Waals surface area contributed by atoms with Crippen molar-refractivity contribution in [2.75, 3.05) is 0 Å². The van der Waals surface area contributed by atoms with Gasteiger partial charge in [-0.3, -0.25) is 0 Å². The van der Waals surface area contributed by atoms with Crippen molar-refractivity contribution in [3.05, 3.63) is 46.9 Å². The molecule has 0 saturated carbocycles. The Balaban J connectivity index is 2.41. The van der Waals surface area contributed by atoms with E-state index in [0.717, 1.165) is 11.3 Å². The van der Waals surface area contributed by atoms with Crippen LogP contribution < -0.4 is 0 Å². The standard InChI is InChI=1S/C10H9ClO/c1-7-3-2-4-10-9(7)5-8(11)6-12-10/h2-7H,1H3. The molecular formula is C10H9ClO. The molecule has 1 unspecified atom stereocenters. The first-order valence-corrected chi connectivity index (χ1v) is 4.28. The molecule has 1 aliphatic heterocycles. The van der Waals surface area contributed by atoms with Gasteiger partial charge >= 0.3 is 0 Å². The van der Waals surface area contributed by atoms with Crippen molar-refractivity contribution < 1.29 is 4.74 Å². The van der Waals surface area contributed by atoms with Gasteiger partial charge in [-0.2, -0.15) is 0 Å². The summed E-state index contributed by atoms with van der Waals surface area (Å²) in [6, 6.07) is 0. The second-order valence-electron chi connectivity index (χ2n) is 2.92. The summed E-state index contributed by atoms with van der Waals surface area (Å²) in [5.41, 5.74) is 1.16. The Labute approximate surface area is 76.7 Å². The second-order valence-corrected chi connectivity index (χ2v) is 3.36. The zero-order valence-electron chi connectivity index (χ0n) is 6.75. The number of hydrogen-bond acceptors (Lipinski definition) is 1. The van der Waals surface area contributed by atoms with E-state index in [1.165, 1.54) is 0 Å². The molecule has 12 heavy (non-hydrogen) atoms. The minimum absolute atomic E-state index is 0.396. The molecule has 0 radical (unpaired) electrons. The Hall–Kier alpha value is -0.950. The summed E-state index contributed by atoms with van der Waals surface area (Å²) >= 11 is 5.81. The van der Waals surface area contributed by atoms with Gasteiger partial charge < -0.3 is 4.74 Å². The van der Waals surface area contributed by atoms with E-state index in [4.69, 9.17) is 16.3 Å². The van der Waals surface area contributed by atoms with Crippen molar-refractivity contribution in [3.63, 3.8) is 0 Å². The Morgan fingerprint density at radius 2 is 2.33 bits per heavy atom. The van der Waals surface area contributed by atoms with Gasteiger partial charge in [0.2, 0.25) is 0 Å². The highest BCUT2D eigenvalue weighted by atomic mass is 35.5. The maximum atomic E-state index is 5.81. The van der Waals surface area contributed by atoms with Crippen molar-refractivity contribution in [1.29, 1.82) is 0 Å². The van der Waals surface area contributed by atoms with E-state index in [0.29, 0.717) is 11.0 Å². The number of halogens is 1. The molecule has 0 saturated heterocycles. The van der Waals surface area contributed by atoms with E-state index < -0.39 is 0 Å². The quantitative estimate of drug-likeness (QED) is 0.557. The van der Waals surface area contributed by atoms with E-state index in [2.05, 4.69) is 13.0 Å². The average molecular weight is 181 g/mol. The van der Waals surface area contributed by atoms with E-state index in [1.807, 2.05) is 18.2 Å².